The molecular formula is C13H18N2O3. The molecule has 1 atom stereocenters. The molecule has 0 fully saturated rings. The summed E-state index contributed by atoms with van der Waals surface area (Å²) < 4.78 is 0. The van der Waals surface area contributed by atoms with Crippen LogP contribution in [0.25, 0.3) is 0 Å². The number of hydrogen-bond donors (Lipinski definition) is 3. The van der Waals surface area contributed by atoms with Gasteiger partial charge in [0.2, 0.25) is 0 Å². The number of hydrogen-bond acceptors (Lipinski definition) is 3. The molecule has 0 bridgehead atoms. The lowest BCUT2D eigenvalue weighted by Crippen LogP contribution is -2.44. The predicted molar refractivity (Wildman–Crippen MR) is 69.7 cm³/mol. The van der Waals surface area contributed by atoms with Gasteiger partial charge in [0.1, 0.15) is 6.04 Å². The van der Waals surface area contributed by atoms with Crippen LogP contribution in [-0.2, 0) is 4.79 Å². The summed E-state index contributed by atoms with van der Waals surface area (Å²) in [6, 6.07) is 6.07. The van der Waals surface area contributed by atoms with Gasteiger partial charge in [0.15, 0.2) is 0 Å². The van der Waals surface area contributed by atoms with Crippen molar-refractivity contribution in [1.82, 2.24) is 5.32 Å². The first-order chi connectivity index (χ1) is 8.47. The van der Waals surface area contributed by atoms with Gasteiger partial charge in [-0.3, -0.25) is 4.79 Å². The van der Waals surface area contributed by atoms with Crippen LogP contribution in [-0.4, -0.2) is 30.1 Å². The van der Waals surface area contributed by atoms with Crippen molar-refractivity contribution >= 4 is 17.6 Å². The third kappa shape index (κ3) is 3.23. The first-order valence-corrected chi connectivity index (χ1v) is 5.77. The number of amides is 1. The Morgan fingerprint density at radius 3 is 2.33 bits per heavy atom. The summed E-state index contributed by atoms with van der Waals surface area (Å²) in [7, 11) is 1.71. The van der Waals surface area contributed by atoms with Gasteiger partial charge in [-0.25, -0.2) is 4.79 Å². The summed E-state index contributed by atoms with van der Waals surface area (Å²) in [5, 5.41) is 14.5. The Bertz CT molecular complexity index is 444. The summed E-state index contributed by atoms with van der Waals surface area (Å²) in [5.41, 5.74) is 1.11. The minimum Gasteiger partial charge on any atom is -0.480 e. The van der Waals surface area contributed by atoms with Gasteiger partial charge in [-0.05, 0) is 18.1 Å². The Hall–Kier alpha value is -2.04. The van der Waals surface area contributed by atoms with Gasteiger partial charge in [0.05, 0.1) is 5.56 Å². The van der Waals surface area contributed by atoms with E-state index in [9.17, 15) is 9.59 Å². The van der Waals surface area contributed by atoms with Crippen LogP contribution in [0.15, 0.2) is 24.3 Å². The van der Waals surface area contributed by atoms with Gasteiger partial charge < -0.3 is 15.7 Å². The first kappa shape index (κ1) is 14.0. The third-order valence-electron chi connectivity index (χ3n) is 2.66. The first-order valence-electron chi connectivity index (χ1n) is 5.77. The van der Waals surface area contributed by atoms with E-state index in [1.54, 1.807) is 45.2 Å². The topological polar surface area (TPSA) is 78.4 Å². The quantitative estimate of drug-likeness (QED) is 0.741. The summed E-state index contributed by atoms with van der Waals surface area (Å²) in [4.78, 5) is 23.1. The van der Waals surface area contributed by atoms with Crippen LogP contribution < -0.4 is 10.6 Å². The Morgan fingerprint density at radius 1 is 1.22 bits per heavy atom. The molecule has 0 spiro atoms. The minimum atomic E-state index is -1.03. The van der Waals surface area contributed by atoms with Crippen molar-refractivity contribution in [2.45, 2.75) is 19.9 Å². The van der Waals surface area contributed by atoms with E-state index in [1.807, 2.05) is 0 Å². The Labute approximate surface area is 106 Å². The molecule has 1 rings (SSSR count). The van der Waals surface area contributed by atoms with Gasteiger partial charge in [0, 0.05) is 12.7 Å². The molecule has 5 nitrogen and oxygen atoms in total. The molecule has 1 aromatic carbocycles. The van der Waals surface area contributed by atoms with Gasteiger partial charge in [0.25, 0.3) is 5.91 Å². The van der Waals surface area contributed by atoms with Crippen molar-refractivity contribution in [3.05, 3.63) is 29.8 Å². The number of benzene rings is 1. The zero-order valence-electron chi connectivity index (χ0n) is 10.7. The second-order valence-electron chi connectivity index (χ2n) is 4.33. The average molecular weight is 250 g/mol. The van der Waals surface area contributed by atoms with E-state index in [1.165, 1.54) is 0 Å². The molecule has 1 amide bonds. The third-order valence-corrected chi connectivity index (χ3v) is 2.66. The summed E-state index contributed by atoms with van der Waals surface area (Å²) in [5.74, 6) is -1.59. The fourth-order valence-electron chi connectivity index (χ4n) is 1.63. The zero-order valence-corrected chi connectivity index (χ0v) is 10.7. The maximum Gasteiger partial charge on any atom is 0.326 e. The highest BCUT2D eigenvalue weighted by molar-refractivity contribution is 6.01. The van der Waals surface area contributed by atoms with Crippen LogP contribution in [0.1, 0.15) is 24.2 Å². The molecule has 0 saturated heterocycles. The number of anilines is 1. The highest BCUT2D eigenvalue weighted by atomic mass is 16.4. The van der Waals surface area contributed by atoms with E-state index in [4.69, 9.17) is 5.11 Å². The van der Waals surface area contributed by atoms with Gasteiger partial charge in [-0.2, -0.15) is 0 Å². The highest BCUT2D eigenvalue weighted by Crippen LogP contribution is 2.14. The molecule has 0 aliphatic carbocycles. The molecule has 1 aromatic rings. The van der Waals surface area contributed by atoms with Crippen molar-refractivity contribution in [3.8, 4) is 0 Å². The van der Waals surface area contributed by atoms with Crippen molar-refractivity contribution in [1.29, 1.82) is 0 Å². The number of rotatable bonds is 5. The zero-order chi connectivity index (χ0) is 13.7. The fraction of sp³-hybridized carbons (Fsp3) is 0.385. The van der Waals surface area contributed by atoms with E-state index < -0.39 is 12.0 Å². The molecule has 0 aliphatic rings. The predicted octanol–water partition coefficient (Wildman–Crippen LogP) is 1.57. The number of carbonyl (C=O) groups excluding carboxylic acids is 1. The number of aliphatic carboxylic acids is 1. The molecule has 5 heteroatoms. The van der Waals surface area contributed by atoms with E-state index in [2.05, 4.69) is 10.6 Å². The molecule has 18 heavy (non-hydrogen) atoms. The molecule has 0 saturated carbocycles. The van der Waals surface area contributed by atoms with E-state index in [0.717, 1.165) is 0 Å². The van der Waals surface area contributed by atoms with Crippen molar-refractivity contribution in [2.24, 2.45) is 5.92 Å². The van der Waals surface area contributed by atoms with Crippen molar-refractivity contribution < 1.29 is 14.7 Å². The van der Waals surface area contributed by atoms with Crippen LogP contribution in [0.3, 0.4) is 0 Å². The van der Waals surface area contributed by atoms with Crippen LogP contribution in [0, 0.1) is 5.92 Å². The maximum atomic E-state index is 12.0. The van der Waals surface area contributed by atoms with Gasteiger partial charge in [-0.15, -0.1) is 0 Å². The van der Waals surface area contributed by atoms with Crippen LogP contribution in [0.4, 0.5) is 5.69 Å². The molecule has 0 aromatic heterocycles. The number of carboxylic acids is 1. The van der Waals surface area contributed by atoms with E-state index in [0.29, 0.717) is 11.3 Å². The second-order valence-corrected chi connectivity index (χ2v) is 4.33. The Balaban J connectivity index is 2.90. The summed E-state index contributed by atoms with van der Waals surface area (Å²) in [6.45, 7) is 3.51. The molecular weight excluding hydrogens is 232 g/mol. The van der Waals surface area contributed by atoms with Crippen LogP contribution in [0.5, 0.6) is 0 Å². The Kier molecular flexibility index (Phi) is 4.71. The number of carbonyl (C=O) groups is 2. The molecule has 0 radical (unpaired) electrons. The fourth-order valence-corrected chi connectivity index (χ4v) is 1.63. The molecule has 0 aliphatic heterocycles. The van der Waals surface area contributed by atoms with Crippen molar-refractivity contribution in [2.75, 3.05) is 12.4 Å². The molecule has 0 heterocycles. The van der Waals surface area contributed by atoms with Gasteiger partial charge >= 0.3 is 5.97 Å². The molecule has 1 unspecified atom stereocenters. The average Bonchev–Trinajstić information content (AvgIpc) is 2.34. The molecule has 3 N–H and O–H groups in total. The lowest BCUT2D eigenvalue weighted by Gasteiger charge is -2.18. The Morgan fingerprint density at radius 2 is 1.83 bits per heavy atom. The standard InChI is InChI=1S/C13H18N2O3/c1-8(2)11(13(17)18)15-12(16)9-6-4-5-7-10(9)14-3/h4-8,11,14H,1-3H3,(H,15,16)(H,17,18). The SMILES string of the molecule is CNc1ccccc1C(=O)NC(C(=O)O)C(C)C. The van der Waals surface area contributed by atoms with Crippen molar-refractivity contribution in [3.63, 3.8) is 0 Å². The lowest BCUT2D eigenvalue weighted by atomic mass is 10.0. The number of carboxylic acid groups (broad SMARTS) is 1. The largest absolute Gasteiger partial charge is 0.480 e. The number of nitrogens with one attached hydrogen (secondary N) is 2. The van der Waals surface area contributed by atoms with E-state index in [-0.39, 0.29) is 11.8 Å². The second kappa shape index (κ2) is 6.05. The van der Waals surface area contributed by atoms with Crippen LogP contribution >= 0.6 is 0 Å². The monoisotopic (exact) mass is 250 g/mol. The summed E-state index contributed by atoms with van der Waals surface area (Å²) in [6.07, 6.45) is 0. The maximum absolute atomic E-state index is 12.0. The minimum absolute atomic E-state index is 0.173. The van der Waals surface area contributed by atoms with Crippen LogP contribution in [0.2, 0.25) is 0 Å². The smallest absolute Gasteiger partial charge is 0.326 e. The lowest BCUT2D eigenvalue weighted by molar-refractivity contribution is -0.140. The number of para-hydroxylation sites is 1. The molecule has 98 valence electrons. The van der Waals surface area contributed by atoms with Gasteiger partial charge in [-0.1, -0.05) is 26.0 Å². The summed E-state index contributed by atoms with van der Waals surface area (Å²) >= 11 is 0. The normalized spacial score (nSPS) is 12.0. The van der Waals surface area contributed by atoms with E-state index >= 15 is 0 Å². The highest BCUT2D eigenvalue weighted by Gasteiger charge is 2.24.